The van der Waals surface area contributed by atoms with Crippen LogP contribution in [-0.4, -0.2) is 56.5 Å². The average molecular weight is 280 g/mol. The Morgan fingerprint density at radius 1 is 1.30 bits per heavy atom. The maximum atomic E-state index is 10.0. The first kappa shape index (κ1) is 17.1. The highest BCUT2D eigenvalue weighted by atomic mass is 16.5. The molecule has 0 aliphatic rings. The van der Waals surface area contributed by atoms with E-state index in [4.69, 9.17) is 4.74 Å². The van der Waals surface area contributed by atoms with Crippen molar-refractivity contribution in [1.29, 1.82) is 0 Å². The van der Waals surface area contributed by atoms with E-state index in [9.17, 15) is 5.11 Å². The molecule has 1 aromatic rings. The highest BCUT2D eigenvalue weighted by Gasteiger charge is 2.33. The van der Waals surface area contributed by atoms with Crippen LogP contribution in [0.4, 0.5) is 0 Å². The molecule has 0 saturated carbocycles. The number of methoxy groups -OCH3 is 1. The summed E-state index contributed by atoms with van der Waals surface area (Å²) in [7, 11) is 3.76. The van der Waals surface area contributed by atoms with Gasteiger partial charge in [-0.05, 0) is 26.5 Å². The molecular formula is C16H28N2O2. The van der Waals surface area contributed by atoms with Crippen molar-refractivity contribution in [3.05, 3.63) is 35.9 Å². The molecule has 0 aliphatic carbocycles. The molecule has 0 aliphatic heterocycles. The Morgan fingerprint density at radius 2 is 1.95 bits per heavy atom. The molecular weight excluding hydrogens is 252 g/mol. The minimum atomic E-state index is -0.447. The molecule has 1 atom stereocenters. The van der Waals surface area contributed by atoms with Crippen molar-refractivity contribution in [3.8, 4) is 0 Å². The van der Waals surface area contributed by atoms with E-state index in [1.54, 1.807) is 7.11 Å². The number of hydrogen-bond donors (Lipinski definition) is 2. The van der Waals surface area contributed by atoms with Gasteiger partial charge in [0, 0.05) is 26.2 Å². The second-order valence-electron chi connectivity index (χ2n) is 5.64. The number of nitrogens with zero attached hydrogens (tertiary/aromatic N) is 1. The molecule has 4 heteroatoms. The van der Waals surface area contributed by atoms with Gasteiger partial charge in [0.15, 0.2) is 0 Å². The summed E-state index contributed by atoms with van der Waals surface area (Å²) in [5, 5.41) is 13.6. The largest absolute Gasteiger partial charge is 0.394 e. The second-order valence-corrected chi connectivity index (χ2v) is 5.64. The molecule has 0 bridgehead atoms. The lowest BCUT2D eigenvalue weighted by atomic mass is 9.89. The fraction of sp³-hybridized carbons (Fsp3) is 0.625. The highest BCUT2D eigenvalue weighted by Crippen LogP contribution is 2.22. The van der Waals surface area contributed by atoms with Gasteiger partial charge in [-0.15, -0.1) is 0 Å². The second kappa shape index (κ2) is 8.37. The summed E-state index contributed by atoms with van der Waals surface area (Å²) in [6, 6.07) is 10.4. The van der Waals surface area contributed by atoms with Crippen LogP contribution in [0.5, 0.6) is 0 Å². The summed E-state index contributed by atoms with van der Waals surface area (Å²) in [6.45, 7) is 6.52. The fourth-order valence-electron chi connectivity index (χ4n) is 2.50. The zero-order valence-corrected chi connectivity index (χ0v) is 13.1. The van der Waals surface area contributed by atoms with Crippen molar-refractivity contribution in [1.82, 2.24) is 10.2 Å². The third-order valence-corrected chi connectivity index (χ3v) is 3.38. The van der Waals surface area contributed by atoms with Crippen molar-refractivity contribution in [2.45, 2.75) is 25.4 Å². The van der Waals surface area contributed by atoms with Gasteiger partial charge in [-0.2, -0.15) is 0 Å². The van der Waals surface area contributed by atoms with Crippen molar-refractivity contribution in [2.24, 2.45) is 0 Å². The summed E-state index contributed by atoms with van der Waals surface area (Å²) in [5.41, 5.74) is 0.665. The molecule has 0 aromatic heterocycles. The predicted octanol–water partition coefficient (Wildman–Crippen LogP) is 1.45. The minimum Gasteiger partial charge on any atom is -0.394 e. The van der Waals surface area contributed by atoms with Crippen LogP contribution in [0.15, 0.2) is 30.3 Å². The molecule has 0 saturated heterocycles. The first-order valence-electron chi connectivity index (χ1n) is 7.15. The Bertz CT molecular complexity index is 370. The van der Waals surface area contributed by atoms with E-state index in [2.05, 4.69) is 36.2 Å². The first-order valence-corrected chi connectivity index (χ1v) is 7.15. The lowest BCUT2D eigenvalue weighted by Crippen LogP contribution is -2.55. The predicted molar refractivity (Wildman–Crippen MR) is 82.9 cm³/mol. The SMILES string of the molecule is COCCN(C)CC(CO)(NC(C)C)c1ccccc1. The van der Waals surface area contributed by atoms with Crippen molar-refractivity contribution < 1.29 is 9.84 Å². The van der Waals surface area contributed by atoms with Crippen LogP contribution in [0, 0.1) is 0 Å². The molecule has 0 fully saturated rings. The van der Waals surface area contributed by atoms with E-state index in [0.29, 0.717) is 6.61 Å². The van der Waals surface area contributed by atoms with Gasteiger partial charge in [-0.1, -0.05) is 30.3 Å². The Balaban J connectivity index is 2.94. The standard InChI is InChI=1S/C16H28N2O2/c1-14(2)17-16(13-19,12-18(3)10-11-20-4)15-8-6-5-7-9-15/h5-9,14,17,19H,10-13H2,1-4H3. The molecule has 114 valence electrons. The number of likely N-dealkylation sites (N-methyl/N-ethyl adjacent to an activating group) is 1. The smallest absolute Gasteiger partial charge is 0.0799 e. The molecule has 2 N–H and O–H groups in total. The van der Waals surface area contributed by atoms with Gasteiger partial charge in [-0.25, -0.2) is 0 Å². The monoisotopic (exact) mass is 280 g/mol. The summed E-state index contributed by atoms with van der Waals surface area (Å²) in [4.78, 5) is 2.18. The minimum absolute atomic E-state index is 0.0620. The Morgan fingerprint density at radius 3 is 2.45 bits per heavy atom. The van der Waals surface area contributed by atoms with Gasteiger partial charge in [-0.3, -0.25) is 0 Å². The van der Waals surface area contributed by atoms with Crippen LogP contribution in [0.25, 0.3) is 0 Å². The number of nitrogens with one attached hydrogen (secondary N) is 1. The van der Waals surface area contributed by atoms with Gasteiger partial charge in [0.25, 0.3) is 0 Å². The lowest BCUT2D eigenvalue weighted by Gasteiger charge is -2.38. The van der Waals surface area contributed by atoms with E-state index in [1.165, 1.54) is 0 Å². The third-order valence-electron chi connectivity index (χ3n) is 3.38. The zero-order chi connectivity index (χ0) is 15.0. The quantitative estimate of drug-likeness (QED) is 0.719. The van der Waals surface area contributed by atoms with E-state index in [-0.39, 0.29) is 12.6 Å². The summed E-state index contributed by atoms with van der Waals surface area (Å²) in [6.07, 6.45) is 0. The molecule has 20 heavy (non-hydrogen) atoms. The van der Waals surface area contributed by atoms with E-state index < -0.39 is 5.54 Å². The van der Waals surface area contributed by atoms with Crippen molar-refractivity contribution in [3.63, 3.8) is 0 Å². The van der Waals surface area contributed by atoms with Crippen LogP contribution in [0.3, 0.4) is 0 Å². The number of aliphatic hydroxyl groups is 1. The van der Waals surface area contributed by atoms with Crippen LogP contribution in [0.1, 0.15) is 19.4 Å². The lowest BCUT2D eigenvalue weighted by molar-refractivity contribution is 0.0927. The van der Waals surface area contributed by atoms with Gasteiger partial charge in [0.05, 0.1) is 18.8 Å². The number of ether oxygens (including phenoxy) is 1. The van der Waals surface area contributed by atoms with Crippen LogP contribution in [0.2, 0.25) is 0 Å². The van der Waals surface area contributed by atoms with Gasteiger partial charge in [0.2, 0.25) is 0 Å². The van der Waals surface area contributed by atoms with Crippen molar-refractivity contribution in [2.75, 3.05) is 40.5 Å². The Hall–Kier alpha value is -0.940. The molecule has 1 unspecified atom stereocenters. The molecule has 0 radical (unpaired) electrons. The van der Waals surface area contributed by atoms with Crippen molar-refractivity contribution >= 4 is 0 Å². The summed E-state index contributed by atoms with van der Waals surface area (Å²) >= 11 is 0. The number of benzene rings is 1. The molecule has 0 heterocycles. The molecule has 0 amide bonds. The number of rotatable bonds is 9. The fourth-order valence-corrected chi connectivity index (χ4v) is 2.50. The van der Waals surface area contributed by atoms with Gasteiger partial charge < -0.3 is 20.1 Å². The maximum Gasteiger partial charge on any atom is 0.0799 e. The molecule has 4 nitrogen and oxygen atoms in total. The average Bonchev–Trinajstić information content (AvgIpc) is 2.44. The summed E-state index contributed by atoms with van der Waals surface area (Å²) < 4.78 is 5.12. The van der Waals surface area contributed by atoms with E-state index in [1.807, 2.05) is 25.2 Å². The molecule has 0 spiro atoms. The van der Waals surface area contributed by atoms with Crippen LogP contribution >= 0.6 is 0 Å². The number of hydrogen-bond acceptors (Lipinski definition) is 4. The molecule has 1 aromatic carbocycles. The first-order chi connectivity index (χ1) is 9.54. The van der Waals surface area contributed by atoms with E-state index >= 15 is 0 Å². The number of aliphatic hydroxyl groups excluding tert-OH is 1. The Labute approximate surface area is 122 Å². The van der Waals surface area contributed by atoms with Gasteiger partial charge >= 0.3 is 0 Å². The van der Waals surface area contributed by atoms with Gasteiger partial charge in [0.1, 0.15) is 0 Å². The van der Waals surface area contributed by atoms with E-state index in [0.717, 1.165) is 18.7 Å². The van der Waals surface area contributed by atoms with Crippen LogP contribution in [-0.2, 0) is 10.3 Å². The maximum absolute atomic E-state index is 10.0. The third kappa shape index (κ3) is 4.87. The van der Waals surface area contributed by atoms with Crippen LogP contribution < -0.4 is 5.32 Å². The Kier molecular flexibility index (Phi) is 7.16. The normalized spacial score (nSPS) is 14.8. The zero-order valence-electron chi connectivity index (χ0n) is 13.1. The topological polar surface area (TPSA) is 44.7 Å². The summed E-state index contributed by atoms with van der Waals surface area (Å²) in [5.74, 6) is 0. The molecule has 1 rings (SSSR count). The highest BCUT2D eigenvalue weighted by molar-refractivity contribution is 5.25.